The number of halogens is 1. The minimum atomic E-state index is 0. The summed E-state index contributed by atoms with van der Waals surface area (Å²) in [6.45, 7) is 15.0. The summed E-state index contributed by atoms with van der Waals surface area (Å²) in [7, 11) is 0. The second kappa shape index (κ2) is 11.9. The van der Waals surface area contributed by atoms with Gasteiger partial charge in [0.1, 0.15) is 0 Å². The maximum Gasteiger partial charge on any atom is 0.191 e. The van der Waals surface area contributed by atoms with E-state index < -0.39 is 0 Å². The van der Waals surface area contributed by atoms with Crippen molar-refractivity contribution >= 4 is 41.3 Å². The smallest absolute Gasteiger partial charge is 0.191 e. The summed E-state index contributed by atoms with van der Waals surface area (Å²) >= 11 is 1.79. The average Bonchev–Trinajstić information content (AvgIpc) is 2.87. The van der Waals surface area contributed by atoms with Gasteiger partial charge in [0.15, 0.2) is 5.96 Å². The van der Waals surface area contributed by atoms with Gasteiger partial charge < -0.3 is 10.6 Å². The molecule has 5 nitrogen and oxygen atoms in total. The van der Waals surface area contributed by atoms with Gasteiger partial charge in [0.25, 0.3) is 0 Å². The first-order chi connectivity index (χ1) is 11.6. The van der Waals surface area contributed by atoms with Crippen LogP contribution in [0.4, 0.5) is 0 Å². The van der Waals surface area contributed by atoms with Crippen molar-refractivity contribution in [2.24, 2.45) is 4.99 Å². The number of aliphatic imine (C=N–C) groups is 1. The average molecular weight is 477 g/mol. The van der Waals surface area contributed by atoms with E-state index in [0.717, 1.165) is 68.6 Å². The van der Waals surface area contributed by atoms with Crippen LogP contribution >= 0.6 is 35.3 Å². The van der Waals surface area contributed by atoms with Crippen molar-refractivity contribution in [3.63, 3.8) is 0 Å². The van der Waals surface area contributed by atoms with E-state index in [-0.39, 0.29) is 24.0 Å². The summed E-state index contributed by atoms with van der Waals surface area (Å²) in [6, 6.07) is 0.510. The number of hydrogen-bond donors (Lipinski definition) is 2. The van der Waals surface area contributed by atoms with E-state index in [1.807, 2.05) is 6.08 Å². The molecule has 0 saturated carbocycles. The number of rotatable bonds is 7. The fourth-order valence-electron chi connectivity index (χ4n) is 3.03. The Bertz CT molecular complexity index is 550. The molecule has 0 aliphatic carbocycles. The summed E-state index contributed by atoms with van der Waals surface area (Å²) in [5.41, 5.74) is 1.15. The lowest BCUT2D eigenvalue weighted by atomic mass is 10.1. The van der Waals surface area contributed by atoms with Crippen LogP contribution in [-0.2, 0) is 6.42 Å². The number of thiazole rings is 1. The molecule has 1 aliphatic heterocycles. The van der Waals surface area contributed by atoms with Crippen LogP contribution in [0.15, 0.2) is 17.6 Å². The number of likely N-dealkylation sites (tertiary alicyclic amines) is 1. The largest absolute Gasteiger partial charge is 0.357 e. The number of piperidine rings is 1. The molecule has 25 heavy (non-hydrogen) atoms. The number of hydrogen-bond acceptors (Lipinski definition) is 4. The van der Waals surface area contributed by atoms with Gasteiger partial charge in [0, 0.05) is 50.1 Å². The second-order valence-electron chi connectivity index (χ2n) is 6.26. The molecule has 2 rings (SSSR count). The van der Waals surface area contributed by atoms with Gasteiger partial charge in [-0.3, -0.25) is 9.89 Å². The quantitative estimate of drug-likeness (QED) is 0.274. The van der Waals surface area contributed by atoms with Crippen molar-refractivity contribution in [2.45, 2.75) is 46.1 Å². The van der Waals surface area contributed by atoms with Gasteiger partial charge in [0.05, 0.1) is 10.7 Å². The number of nitrogens with one attached hydrogen (secondary N) is 2. The molecule has 1 aromatic heterocycles. The highest BCUT2D eigenvalue weighted by Gasteiger charge is 2.19. The standard InChI is InChI=1S/C18H31N5S.HI/c1-5-11-23-12-8-16(9-13-23)22-18(19-6-2)20-10-7-17-14(3)21-15(4)24-17;/h5,16H,1,6-13H2,2-4H3,(H2,19,20,22);1H. The Balaban J connectivity index is 0.00000312. The molecule has 0 aromatic carbocycles. The lowest BCUT2D eigenvalue weighted by Crippen LogP contribution is -2.48. The highest BCUT2D eigenvalue weighted by molar-refractivity contribution is 14.0. The van der Waals surface area contributed by atoms with Gasteiger partial charge in [0.2, 0.25) is 0 Å². The van der Waals surface area contributed by atoms with Gasteiger partial charge in [-0.1, -0.05) is 6.08 Å². The van der Waals surface area contributed by atoms with E-state index in [2.05, 4.69) is 47.9 Å². The molecular weight excluding hydrogens is 445 g/mol. The Morgan fingerprint density at radius 1 is 1.40 bits per heavy atom. The maximum atomic E-state index is 4.75. The molecule has 7 heteroatoms. The SMILES string of the molecule is C=CCN1CCC(NC(=NCCc2sc(C)nc2C)NCC)CC1.I. The highest BCUT2D eigenvalue weighted by Crippen LogP contribution is 2.17. The van der Waals surface area contributed by atoms with Crippen LogP contribution in [0.2, 0.25) is 0 Å². The first kappa shape index (κ1) is 22.4. The Kier molecular flexibility index (Phi) is 10.6. The summed E-state index contributed by atoms with van der Waals surface area (Å²) < 4.78 is 0. The molecule has 0 atom stereocenters. The third-order valence-electron chi connectivity index (χ3n) is 4.27. The first-order valence-corrected chi connectivity index (χ1v) is 9.75. The van der Waals surface area contributed by atoms with Gasteiger partial charge in [-0.2, -0.15) is 0 Å². The van der Waals surface area contributed by atoms with Crippen LogP contribution in [0.3, 0.4) is 0 Å². The zero-order chi connectivity index (χ0) is 17.4. The summed E-state index contributed by atoms with van der Waals surface area (Å²) in [4.78, 5) is 13.0. The van der Waals surface area contributed by atoms with Crippen LogP contribution in [-0.4, -0.2) is 54.6 Å². The molecule has 1 aliphatic rings. The van der Waals surface area contributed by atoms with Crippen LogP contribution in [0.5, 0.6) is 0 Å². The van der Waals surface area contributed by atoms with Crippen molar-refractivity contribution in [1.82, 2.24) is 20.5 Å². The van der Waals surface area contributed by atoms with Crippen molar-refractivity contribution in [1.29, 1.82) is 0 Å². The molecule has 2 heterocycles. The number of aromatic nitrogens is 1. The molecule has 0 bridgehead atoms. The molecule has 2 N–H and O–H groups in total. The number of nitrogens with zero attached hydrogens (tertiary/aromatic N) is 3. The monoisotopic (exact) mass is 477 g/mol. The second-order valence-corrected chi connectivity index (χ2v) is 7.55. The molecule has 0 radical (unpaired) electrons. The van der Waals surface area contributed by atoms with E-state index in [1.165, 1.54) is 4.88 Å². The number of guanidine groups is 1. The molecule has 0 spiro atoms. The van der Waals surface area contributed by atoms with Gasteiger partial charge in [-0.15, -0.1) is 41.9 Å². The first-order valence-electron chi connectivity index (χ1n) is 8.93. The van der Waals surface area contributed by atoms with Crippen LogP contribution in [0, 0.1) is 13.8 Å². The minimum Gasteiger partial charge on any atom is -0.357 e. The van der Waals surface area contributed by atoms with E-state index in [4.69, 9.17) is 4.99 Å². The molecule has 1 aromatic rings. The van der Waals surface area contributed by atoms with E-state index in [1.54, 1.807) is 11.3 Å². The van der Waals surface area contributed by atoms with Crippen molar-refractivity contribution in [3.8, 4) is 0 Å². The molecule has 0 unspecified atom stereocenters. The van der Waals surface area contributed by atoms with Crippen molar-refractivity contribution in [3.05, 3.63) is 28.2 Å². The Hall–Kier alpha value is -0.670. The van der Waals surface area contributed by atoms with E-state index >= 15 is 0 Å². The Morgan fingerprint density at radius 2 is 2.12 bits per heavy atom. The molecular formula is C18H32IN5S. The Labute approximate surface area is 173 Å². The topological polar surface area (TPSA) is 52.5 Å². The van der Waals surface area contributed by atoms with Crippen LogP contribution < -0.4 is 10.6 Å². The van der Waals surface area contributed by atoms with Crippen molar-refractivity contribution < 1.29 is 0 Å². The number of aryl methyl sites for hydroxylation is 2. The highest BCUT2D eigenvalue weighted by atomic mass is 127. The minimum absolute atomic E-state index is 0. The van der Waals surface area contributed by atoms with Crippen LogP contribution in [0.1, 0.15) is 35.3 Å². The lowest BCUT2D eigenvalue weighted by Gasteiger charge is -2.32. The third-order valence-corrected chi connectivity index (χ3v) is 5.40. The van der Waals surface area contributed by atoms with Crippen LogP contribution in [0.25, 0.3) is 0 Å². The summed E-state index contributed by atoms with van der Waals surface area (Å²) in [5.74, 6) is 0.943. The van der Waals surface area contributed by atoms with Gasteiger partial charge in [-0.05, 0) is 33.6 Å². The lowest BCUT2D eigenvalue weighted by molar-refractivity contribution is 0.225. The third kappa shape index (κ3) is 7.62. The van der Waals surface area contributed by atoms with E-state index in [0.29, 0.717) is 6.04 Å². The molecule has 0 amide bonds. The Morgan fingerprint density at radius 3 is 2.68 bits per heavy atom. The van der Waals surface area contributed by atoms with Gasteiger partial charge in [-0.25, -0.2) is 4.98 Å². The molecule has 1 fully saturated rings. The normalized spacial score (nSPS) is 16.4. The van der Waals surface area contributed by atoms with Crippen molar-refractivity contribution in [2.75, 3.05) is 32.7 Å². The molecule has 142 valence electrons. The fourth-order valence-corrected chi connectivity index (χ4v) is 3.96. The summed E-state index contributed by atoms with van der Waals surface area (Å²) in [5, 5.41) is 8.11. The summed E-state index contributed by atoms with van der Waals surface area (Å²) in [6.07, 6.45) is 5.27. The zero-order valence-electron chi connectivity index (χ0n) is 15.7. The van der Waals surface area contributed by atoms with E-state index in [9.17, 15) is 0 Å². The zero-order valence-corrected chi connectivity index (χ0v) is 18.8. The maximum absolute atomic E-state index is 4.75. The predicted molar refractivity (Wildman–Crippen MR) is 119 cm³/mol. The molecule has 1 saturated heterocycles. The predicted octanol–water partition coefficient (Wildman–Crippen LogP) is 3.13. The fraction of sp³-hybridized carbons (Fsp3) is 0.667. The van der Waals surface area contributed by atoms with Gasteiger partial charge >= 0.3 is 0 Å².